The lowest BCUT2D eigenvalue weighted by Crippen LogP contribution is -2.56. The molecule has 19 heavy (non-hydrogen) atoms. The summed E-state index contributed by atoms with van der Waals surface area (Å²) < 4.78 is 19.5. The van der Waals surface area contributed by atoms with Crippen LogP contribution in [0.25, 0.3) is 0 Å². The Morgan fingerprint density at radius 1 is 1.74 bits per heavy atom. The molecule has 1 aromatic heterocycles. The number of nitrogens with zero attached hydrogens (tertiary/aromatic N) is 2. The molecular formula is C12H15BrFN3O2. The van der Waals surface area contributed by atoms with Gasteiger partial charge in [-0.1, -0.05) is 0 Å². The number of esters is 1. The first kappa shape index (κ1) is 14.2. The van der Waals surface area contributed by atoms with Gasteiger partial charge in [0.15, 0.2) is 11.6 Å². The number of nitrogens with one attached hydrogen (secondary N) is 1. The first-order valence-electron chi connectivity index (χ1n) is 6.08. The van der Waals surface area contributed by atoms with Gasteiger partial charge in [-0.25, -0.2) is 14.2 Å². The first-order valence-corrected chi connectivity index (χ1v) is 6.87. The molecule has 1 unspecified atom stereocenters. The highest BCUT2D eigenvalue weighted by Gasteiger charge is 2.32. The van der Waals surface area contributed by atoms with Crippen LogP contribution < -0.4 is 10.2 Å². The molecule has 1 atom stereocenters. The number of anilines is 1. The predicted octanol–water partition coefficient (Wildman–Crippen LogP) is 1.32. The molecule has 0 radical (unpaired) electrons. The maximum atomic E-state index is 14.0. The van der Waals surface area contributed by atoms with E-state index in [0.29, 0.717) is 30.7 Å². The van der Waals surface area contributed by atoms with Gasteiger partial charge in [-0.05, 0) is 28.9 Å². The van der Waals surface area contributed by atoms with Crippen molar-refractivity contribution in [2.45, 2.75) is 13.0 Å². The summed E-state index contributed by atoms with van der Waals surface area (Å²) in [7, 11) is 0. The number of aromatic nitrogens is 1. The van der Waals surface area contributed by atoms with Gasteiger partial charge in [-0.3, -0.25) is 0 Å². The highest BCUT2D eigenvalue weighted by Crippen LogP contribution is 2.23. The van der Waals surface area contributed by atoms with Gasteiger partial charge in [0.05, 0.1) is 6.61 Å². The Balaban J connectivity index is 2.26. The average molecular weight is 332 g/mol. The number of piperazine rings is 1. The van der Waals surface area contributed by atoms with Crippen molar-refractivity contribution < 1.29 is 13.9 Å². The van der Waals surface area contributed by atoms with Crippen molar-refractivity contribution in [3.63, 3.8) is 0 Å². The Hall–Kier alpha value is -1.21. The van der Waals surface area contributed by atoms with Crippen LogP contribution in [-0.2, 0) is 9.53 Å². The SMILES string of the molecule is CCOC(=O)C1CNCCN1c1ncc(Br)cc1F. The molecule has 0 saturated carbocycles. The minimum absolute atomic E-state index is 0.183. The van der Waals surface area contributed by atoms with Gasteiger partial charge in [0.25, 0.3) is 0 Å². The number of halogens is 2. The van der Waals surface area contributed by atoms with Crippen LogP contribution >= 0.6 is 15.9 Å². The zero-order valence-electron chi connectivity index (χ0n) is 10.5. The van der Waals surface area contributed by atoms with Gasteiger partial charge in [-0.15, -0.1) is 0 Å². The Labute approximate surface area is 119 Å². The molecule has 7 heteroatoms. The molecule has 5 nitrogen and oxygen atoms in total. The van der Waals surface area contributed by atoms with Gasteiger partial charge in [0.1, 0.15) is 6.04 Å². The third-order valence-electron chi connectivity index (χ3n) is 2.86. The van der Waals surface area contributed by atoms with Crippen LogP contribution in [0.3, 0.4) is 0 Å². The highest BCUT2D eigenvalue weighted by molar-refractivity contribution is 9.10. The van der Waals surface area contributed by atoms with E-state index in [2.05, 4.69) is 26.2 Å². The molecule has 0 spiro atoms. The fourth-order valence-corrected chi connectivity index (χ4v) is 2.33. The lowest BCUT2D eigenvalue weighted by atomic mass is 10.2. The van der Waals surface area contributed by atoms with E-state index >= 15 is 0 Å². The standard InChI is InChI=1S/C12H15BrFN3O2/c1-2-19-12(18)10-7-15-3-4-17(10)11-9(14)5-8(13)6-16-11/h5-6,10,15H,2-4,7H2,1H3. The van der Waals surface area contributed by atoms with Crippen molar-refractivity contribution in [3.05, 3.63) is 22.6 Å². The molecule has 1 fully saturated rings. The molecule has 2 heterocycles. The van der Waals surface area contributed by atoms with Crippen LogP contribution in [0.4, 0.5) is 10.2 Å². The summed E-state index contributed by atoms with van der Waals surface area (Å²) in [6.07, 6.45) is 1.52. The minimum atomic E-state index is -0.545. The van der Waals surface area contributed by atoms with E-state index in [-0.39, 0.29) is 11.8 Å². The fraction of sp³-hybridized carbons (Fsp3) is 0.500. The molecule has 104 valence electrons. The quantitative estimate of drug-likeness (QED) is 0.847. The number of hydrogen-bond donors (Lipinski definition) is 1. The summed E-state index contributed by atoms with van der Waals surface area (Å²) in [4.78, 5) is 17.6. The van der Waals surface area contributed by atoms with Crippen molar-refractivity contribution in [3.8, 4) is 0 Å². The molecule has 1 saturated heterocycles. The topological polar surface area (TPSA) is 54.5 Å². The zero-order chi connectivity index (χ0) is 13.8. The fourth-order valence-electron chi connectivity index (χ4n) is 2.03. The predicted molar refractivity (Wildman–Crippen MR) is 72.5 cm³/mol. The Morgan fingerprint density at radius 3 is 3.21 bits per heavy atom. The Bertz CT molecular complexity index is 472. The second kappa shape index (κ2) is 6.29. The van der Waals surface area contributed by atoms with Gasteiger partial charge >= 0.3 is 5.97 Å². The lowest BCUT2D eigenvalue weighted by Gasteiger charge is -2.35. The van der Waals surface area contributed by atoms with Crippen molar-refractivity contribution in [1.29, 1.82) is 0 Å². The highest BCUT2D eigenvalue weighted by atomic mass is 79.9. The van der Waals surface area contributed by atoms with Crippen molar-refractivity contribution in [1.82, 2.24) is 10.3 Å². The number of carbonyl (C=O) groups excluding carboxylic acids is 1. The van der Waals surface area contributed by atoms with Gasteiger partial charge in [0, 0.05) is 30.3 Å². The van der Waals surface area contributed by atoms with Crippen molar-refractivity contribution >= 4 is 27.7 Å². The number of hydrogen-bond acceptors (Lipinski definition) is 5. The summed E-state index contributed by atoms with van der Waals surface area (Å²) in [5.74, 6) is -0.632. The van der Waals surface area contributed by atoms with Crippen LogP contribution in [0.15, 0.2) is 16.7 Å². The third-order valence-corrected chi connectivity index (χ3v) is 3.30. The third kappa shape index (κ3) is 3.22. The molecule has 1 aliphatic rings. The Morgan fingerprint density at radius 2 is 2.53 bits per heavy atom. The molecular weight excluding hydrogens is 317 g/mol. The van der Waals surface area contributed by atoms with Crippen LogP contribution in [0.5, 0.6) is 0 Å². The molecule has 0 bridgehead atoms. The molecule has 1 aromatic rings. The first-order chi connectivity index (χ1) is 9.13. The van der Waals surface area contributed by atoms with Crippen LogP contribution in [-0.4, -0.2) is 43.2 Å². The summed E-state index contributed by atoms with van der Waals surface area (Å²) in [6, 6.07) is 0.795. The molecule has 1 aliphatic heterocycles. The normalized spacial score (nSPS) is 19.3. The molecule has 0 aliphatic carbocycles. The van der Waals surface area contributed by atoms with Crippen LogP contribution in [0.1, 0.15) is 6.92 Å². The maximum absolute atomic E-state index is 14.0. The summed E-state index contributed by atoms with van der Waals surface area (Å²) in [6.45, 7) is 3.66. The molecule has 0 amide bonds. The summed E-state index contributed by atoms with van der Waals surface area (Å²) in [5.41, 5.74) is 0. The van der Waals surface area contributed by atoms with E-state index in [1.54, 1.807) is 11.8 Å². The molecule has 0 aromatic carbocycles. The van der Waals surface area contributed by atoms with E-state index in [4.69, 9.17) is 4.74 Å². The van der Waals surface area contributed by atoms with Gasteiger partial charge < -0.3 is 15.0 Å². The molecule has 1 N–H and O–H groups in total. The smallest absolute Gasteiger partial charge is 0.330 e. The minimum Gasteiger partial charge on any atom is -0.464 e. The van der Waals surface area contributed by atoms with Crippen molar-refractivity contribution in [2.75, 3.05) is 31.1 Å². The number of carbonyl (C=O) groups is 1. The summed E-state index contributed by atoms with van der Waals surface area (Å²) >= 11 is 3.16. The van der Waals surface area contributed by atoms with E-state index in [0.717, 1.165) is 0 Å². The van der Waals surface area contributed by atoms with Crippen LogP contribution in [0.2, 0.25) is 0 Å². The van der Waals surface area contributed by atoms with Gasteiger partial charge in [0.2, 0.25) is 0 Å². The van der Waals surface area contributed by atoms with E-state index in [9.17, 15) is 9.18 Å². The van der Waals surface area contributed by atoms with E-state index < -0.39 is 11.9 Å². The molecule has 2 rings (SSSR count). The lowest BCUT2D eigenvalue weighted by molar-refractivity contribution is -0.144. The van der Waals surface area contributed by atoms with Gasteiger partial charge in [-0.2, -0.15) is 0 Å². The largest absolute Gasteiger partial charge is 0.464 e. The van der Waals surface area contributed by atoms with Crippen molar-refractivity contribution in [2.24, 2.45) is 0 Å². The van der Waals surface area contributed by atoms with E-state index in [1.807, 2.05) is 0 Å². The van der Waals surface area contributed by atoms with E-state index in [1.165, 1.54) is 12.3 Å². The zero-order valence-corrected chi connectivity index (χ0v) is 12.1. The Kier molecular flexibility index (Phi) is 4.71. The number of pyridine rings is 1. The maximum Gasteiger partial charge on any atom is 0.330 e. The number of rotatable bonds is 3. The second-order valence-electron chi connectivity index (χ2n) is 4.12. The number of ether oxygens (including phenoxy) is 1. The second-order valence-corrected chi connectivity index (χ2v) is 5.04. The summed E-state index contributed by atoms with van der Waals surface area (Å²) in [5, 5.41) is 3.10. The van der Waals surface area contributed by atoms with Crippen LogP contribution in [0, 0.1) is 5.82 Å². The monoisotopic (exact) mass is 331 g/mol. The average Bonchev–Trinajstić information content (AvgIpc) is 2.39.